The molecule has 0 aromatic heterocycles. The Hall–Kier alpha value is -0.570. The second-order valence-electron chi connectivity index (χ2n) is 5.11. The van der Waals surface area contributed by atoms with Gasteiger partial charge in [0.05, 0.1) is 0 Å². The van der Waals surface area contributed by atoms with Gasteiger partial charge < -0.3 is 10.6 Å². The third-order valence-corrected chi connectivity index (χ3v) is 3.15. The van der Waals surface area contributed by atoms with E-state index in [9.17, 15) is 4.79 Å². The third kappa shape index (κ3) is 3.82. The highest BCUT2D eigenvalue weighted by Gasteiger charge is 2.29. The van der Waals surface area contributed by atoms with E-state index >= 15 is 0 Å². The summed E-state index contributed by atoms with van der Waals surface area (Å²) >= 11 is 0. The molecule has 1 heterocycles. The molecule has 2 N–H and O–H groups in total. The number of rotatable bonds is 4. The Morgan fingerprint density at radius 2 is 2.20 bits per heavy atom. The highest BCUT2D eigenvalue weighted by atomic mass is 16.2. The van der Waals surface area contributed by atoms with Gasteiger partial charge in [0.15, 0.2) is 0 Å². The molecule has 15 heavy (non-hydrogen) atoms. The zero-order valence-corrected chi connectivity index (χ0v) is 10.2. The van der Waals surface area contributed by atoms with Crippen LogP contribution in [0.4, 0.5) is 0 Å². The fourth-order valence-corrected chi connectivity index (χ4v) is 2.37. The van der Waals surface area contributed by atoms with Crippen molar-refractivity contribution in [2.75, 3.05) is 6.54 Å². The second kappa shape index (κ2) is 5.50. The molecule has 1 amide bonds. The Labute approximate surface area is 93.0 Å². The number of nitrogens with two attached hydrogens (primary N) is 1. The molecule has 1 aliphatic rings. The van der Waals surface area contributed by atoms with Crippen LogP contribution in [0.25, 0.3) is 0 Å². The van der Waals surface area contributed by atoms with Crippen LogP contribution in [0.5, 0.6) is 0 Å². The van der Waals surface area contributed by atoms with E-state index in [-0.39, 0.29) is 6.04 Å². The number of carbonyl (C=O) groups excluding carboxylic acids is 1. The van der Waals surface area contributed by atoms with Crippen LogP contribution in [0.3, 0.4) is 0 Å². The van der Waals surface area contributed by atoms with Crippen LogP contribution in [0, 0.1) is 5.92 Å². The zero-order valence-electron chi connectivity index (χ0n) is 10.2. The van der Waals surface area contributed by atoms with Crippen molar-refractivity contribution in [3.63, 3.8) is 0 Å². The fraction of sp³-hybridized carbons (Fsp3) is 0.917. The minimum Gasteiger partial charge on any atom is -0.340 e. The Balaban J connectivity index is 2.28. The van der Waals surface area contributed by atoms with Gasteiger partial charge in [-0.25, -0.2) is 0 Å². The Morgan fingerprint density at radius 3 is 2.67 bits per heavy atom. The molecule has 3 heteroatoms. The van der Waals surface area contributed by atoms with Crippen molar-refractivity contribution in [3.8, 4) is 0 Å². The number of hydrogen-bond donors (Lipinski definition) is 1. The molecule has 3 unspecified atom stereocenters. The number of nitrogens with zero attached hydrogens (tertiary/aromatic N) is 1. The highest BCUT2D eigenvalue weighted by molar-refractivity contribution is 5.76. The van der Waals surface area contributed by atoms with Gasteiger partial charge in [-0.05, 0) is 39.0 Å². The van der Waals surface area contributed by atoms with Gasteiger partial charge >= 0.3 is 0 Å². The summed E-state index contributed by atoms with van der Waals surface area (Å²) in [5.74, 6) is 0.977. The van der Waals surface area contributed by atoms with Crippen LogP contribution >= 0.6 is 0 Å². The molecule has 0 spiro atoms. The zero-order chi connectivity index (χ0) is 11.4. The first kappa shape index (κ1) is 12.5. The van der Waals surface area contributed by atoms with Gasteiger partial charge in [-0.2, -0.15) is 0 Å². The molecule has 0 saturated carbocycles. The average molecular weight is 212 g/mol. The van der Waals surface area contributed by atoms with Crippen molar-refractivity contribution in [2.45, 2.75) is 58.5 Å². The summed E-state index contributed by atoms with van der Waals surface area (Å²) in [4.78, 5) is 13.9. The molecule has 1 aliphatic heterocycles. The Bertz CT molecular complexity index is 216. The van der Waals surface area contributed by atoms with E-state index < -0.39 is 0 Å². The number of amides is 1. The summed E-state index contributed by atoms with van der Waals surface area (Å²) in [5, 5.41) is 0. The second-order valence-corrected chi connectivity index (χ2v) is 5.11. The first-order valence-corrected chi connectivity index (χ1v) is 6.05. The molecule has 0 aliphatic carbocycles. The van der Waals surface area contributed by atoms with Crippen molar-refractivity contribution in [2.24, 2.45) is 11.7 Å². The van der Waals surface area contributed by atoms with Crippen molar-refractivity contribution in [1.29, 1.82) is 0 Å². The predicted molar refractivity (Wildman–Crippen MR) is 62.5 cm³/mol. The summed E-state index contributed by atoms with van der Waals surface area (Å²) in [6.45, 7) is 7.29. The minimum atomic E-state index is 0.215. The molecule has 1 saturated heterocycles. The van der Waals surface area contributed by atoms with E-state index in [4.69, 9.17) is 5.73 Å². The van der Waals surface area contributed by atoms with E-state index in [0.717, 1.165) is 25.8 Å². The topological polar surface area (TPSA) is 46.3 Å². The summed E-state index contributed by atoms with van der Waals surface area (Å²) in [6.07, 6.45) is 3.69. The molecular weight excluding hydrogens is 188 g/mol. The van der Waals surface area contributed by atoms with Gasteiger partial charge in [0.25, 0.3) is 0 Å². The normalized spacial score (nSPS) is 28.1. The van der Waals surface area contributed by atoms with Crippen LogP contribution in [0.1, 0.15) is 46.5 Å². The number of likely N-dealkylation sites (tertiary alicyclic amines) is 1. The van der Waals surface area contributed by atoms with E-state index in [1.54, 1.807) is 0 Å². The standard InChI is InChI=1S/C12H24N2O/c1-9-7-11(3)14(8-9)12(15)6-4-5-10(2)13/h9-11H,4-8,13H2,1-3H3. The predicted octanol–water partition coefficient (Wildman–Crippen LogP) is 1.76. The lowest BCUT2D eigenvalue weighted by molar-refractivity contribution is -0.131. The molecule has 88 valence electrons. The smallest absolute Gasteiger partial charge is 0.222 e. The summed E-state index contributed by atoms with van der Waals surface area (Å²) in [7, 11) is 0. The first-order chi connectivity index (χ1) is 7.00. The van der Waals surface area contributed by atoms with E-state index in [0.29, 0.717) is 24.3 Å². The Kier molecular flexibility index (Phi) is 4.58. The van der Waals surface area contributed by atoms with E-state index in [1.807, 2.05) is 11.8 Å². The molecule has 0 aromatic rings. The van der Waals surface area contributed by atoms with Gasteiger partial charge in [-0.15, -0.1) is 0 Å². The quantitative estimate of drug-likeness (QED) is 0.772. The van der Waals surface area contributed by atoms with Gasteiger partial charge in [0.1, 0.15) is 0 Å². The highest BCUT2D eigenvalue weighted by Crippen LogP contribution is 2.23. The maximum atomic E-state index is 11.9. The summed E-state index contributed by atoms with van der Waals surface area (Å²) in [5.41, 5.74) is 5.66. The SMILES string of the molecule is CC(N)CCCC(=O)N1CC(C)CC1C. The molecule has 3 atom stereocenters. The molecule has 0 radical (unpaired) electrons. The van der Waals surface area contributed by atoms with Gasteiger partial charge in [0, 0.05) is 25.0 Å². The monoisotopic (exact) mass is 212 g/mol. The van der Waals surface area contributed by atoms with Crippen molar-refractivity contribution < 1.29 is 4.79 Å². The van der Waals surface area contributed by atoms with Crippen LogP contribution in [0.15, 0.2) is 0 Å². The van der Waals surface area contributed by atoms with Crippen molar-refractivity contribution in [3.05, 3.63) is 0 Å². The lowest BCUT2D eigenvalue weighted by atomic mass is 10.1. The van der Waals surface area contributed by atoms with Gasteiger partial charge in [-0.1, -0.05) is 6.92 Å². The molecule has 0 aromatic carbocycles. The van der Waals surface area contributed by atoms with Gasteiger partial charge in [0.2, 0.25) is 5.91 Å². The molecule has 1 rings (SSSR count). The van der Waals surface area contributed by atoms with Crippen molar-refractivity contribution >= 4 is 5.91 Å². The first-order valence-electron chi connectivity index (χ1n) is 6.05. The van der Waals surface area contributed by atoms with Crippen molar-refractivity contribution in [1.82, 2.24) is 4.90 Å². The Morgan fingerprint density at radius 1 is 1.53 bits per heavy atom. The minimum absolute atomic E-state index is 0.215. The van der Waals surface area contributed by atoms with Gasteiger partial charge in [-0.3, -0.25) is 4.79 Å². The summed E-state index contributed by atoms with van der Waals surface area (Å²) < 4.78 is 0. The average Bonchev–Trinajstić information content (AvgIpc) is 2.44. The molecule has 3 nitrogen and oxygen atoms in total. The number of carbonyl (C=O) groups is 1. The fourth-order valence-electron chi connectivity index (χ4n) is 2.37. The third-order valence-electron chi connectivity index (χ3n) is 3.15. The van der Waals surface area contributed by atoms with E-state index in [2.05, 4.69) is 13.8 Å². The largest absolute Gasteiger partial charge is 0.340 e. The number of hydrogen-bond acceptors (Lipinski definition) is 2. The maximum absolute atomic E-state index is 11.9. The van der Waals surface area contributed by atoms with E-state index in [1.165, 1.54) is 0 Å². The van der Waals surface area contributed by atoms with Crippen LogP contribution in [0.2, 0.25) is 0 Å². The molecule has 1 fully saturated rings. The maximum Gasteiger partial charge on any atom is 0.222 e. The van der Waals surface area contributed by atoms with Crippen LogP contribution in [-0.2, 0) is 4.79 Å². The lowest BCUT2D eigenvalue weighted by Crippen LogP contribution is -2.33. The lowest BCUT2D eigenvalue weighted by Gasteiger charge is -2.21. The van der Waals surface area contributed by atoms with Crippen LogP contribution in [-0.4, -0.2) is 29.4 Å². The molecular formula is C12H24N2O. The molecule has 0 bridgehead atoms. The summed E-state index contributed by atoms with van der Waals surface area (Å²) in [6, 6.07) is 0.649. The van der Waals surface area contributed by atoms with Crippen LogP contribution < -0.4 is 5.73 Å².